The van der Waals surface area contributed by atoms with Crippen molar-refractivity contribution < 1.29 is 14.0 Å². The average molecular weight is 383 g/mol. The van der Waals surface area contributed by atoms with Crippen LogP contribution in [0.4, 0.5) is 14.9 Å². The Labute approximate surface area is 164 Å². The topological polar surface area (TPSA) is 61.4 Å². The lowest BCUT2D eigenvalue weighted by Crippen LogP contribution is -2.37. The number of benzene rings is 2. The number of carbonyl (C=O) groups is 2. The molecule has 6 heteroatoms. The van der Waals surface area contributed by atoms with Crippen LogP contribution < -0.4 is 10.6 Å². The molecule has 2 aromatic rings. The third-order valence-corrected chi connectivity index (χ3v) is 5.16. The first-order chi connectivity index (χ1) is 13.4. The summed E-state index contributed by atoms with van der Waals surface area (Å²) in [4.78, 5) is 26.7. The van der Waals surface area contributed by atoms with Crippen molar-refractivity contribution in [2.75, 3.05) is 18.4 Å². The number of piperidine rings is 1. The molecule has 0 bridgehead atoms. The van der Waals surface area contributed by atoms with E-state index in [0.717, 1.165) is 37.1 Å². The number of nitrogens with one attached hydrogen (secondary N) is 2. The molecule has 5 nitrogen and oxygen atoms in total. The largest absolute Gasteiger partial charge is 0.339 e. The summed E-state index contributed by atoms with van der Waals surface area (Å²) in [6, 6.07) is 10.9. The van der Waals surface area contributed by atoms with Gasteiger partial charge in [-0.3, -0.25) is 4.79 Å². The van der Waals surface area contributed by atoms with Gasteiger partial charge in [0, 0.05) is 30.9 Å². The lowest BCUT2D eigenvalue weighted by atomic mass is 9.98. The Morgan fingerprint density at radius 1 is 1.11 bits per heavy atom. The Bertz CT molecular complexity index is 843. The van der Waals surface area contributed by atoms with Crippen LogP contribution in [0.25, 0.3) is 0 Å². The van der Waals surface area contributed by atoms with Crippen molar-refractivity contribution in [3.8, 4) is 0 Å². The molecule has 0 aromatic heterocycles. The van der Waals surface area contributed by atoms with E-state index < -0.39 is 0 Å². The van der Waals surface area contributed by atoms with Gasteiger partial charge in [-0.25, -0.2) is 9.18 Å². The van der Waals surface area contributed by atoms with Crippen LogP contribution in [0.15, 0.2) is 42.5 Å². The van der Waals surface area contributed by atoms with E-state index in [2.05, 4.69) is 17.6 Å². The van der Waals surface area contributed by atoms with E-state index in [4.69, 9.17) is 0 Å². The number of likely N-dealkylation sites (tertiary alicyclic amines) is 1. The highest BCUT2D eigenvalue weighted by molar-refractivity contribution is 5.96. The molecule has 148 valence electrons. The van der Waals surface area contributed by atoms with Gasteiger partial charge < -0.3 is 15.5 Å². The fourth-order valence-electron chi connectivity index (χ4n) is 3.28. The maximum absolute atomic E-state index is 12.9. The van der Waals surface area contributed by atoms with E-state index in [0.29, 0.717) is 23.7 Å². The highest BCUT2D eigenvalue weighted by Gasteiger charge is 2.21. The number of hydrogen-bond acceptors (Lipinski definition) is 2. The van der Waals surface area contributed by atoms with E-state index in [1.165, 1.54) is 12.1 Å². The number of amides is 3. The Morgan fingerprint density at radius 2 is 1.79 bits per heavy atom. The zero-order valence-corrected chi connectivity index (χ0v) is 16.3. The summed E-state index contributed by atoms with van der Waals surface area (Å²) < 4.78 is 12.9. The standard InChI is InChI=1S/C22H26FN3O2/c1-15-9-11-26(12-10-15)21(27)18-5-8-20(16(2)13-18)25-22(28)24-14-17-3-6-19(23)7-4-17/h3-8,13,15H,9-12,14H2,1-2H3,(H2,24,25,28). The molecular formula is C22H26FN3O2. The molecule has 28 heavy (non-hydrogen) atoms. The van der Waals surface area contributed by atoms with Gasteiger partial charge in [-0.05, 0) is 67.1 Å². The lowest BCUT2D eigenvalue weighted by Gasteiger charge is -2.30. The first-order valence-electron chi connectivity index (χ1n) is 9.61. The molecule has 2 aromatic carbocycles. The van der Waals surface area contributed by atoms with Gasteiger partial charge in [0.1, 0.15) is 5.82 Å². The summed E-state index contributed by atoms with van der Waals surface area (Å²) in [5, 5.41) is 5.53. The van der Waals surface area contributed by atoms with Crippen LogP contribution in [-0.2, 0) is 6.54 Å². The lowest BCUT2D eigenvalue weighted by molar-refractivity contribution is 0.0697. The number of urea groups is 1. The smallest absolute Gasteiger partial charge is 0.319 e. The minimum atomic E-state index is -0.350. The van der Waals surface area contributed by atoms with Gasteiger partial charge >= 0.3 is 6.03 Å². The second kappa shape index (κ2) is 8.87. The Kier molecular flexibility index (Phi) is 6.29. The summed E-state index contributed by atoms with van der Waals surface area (Å²) in [6.45, 7) is 5.98. The minimum Gasteiger partial charge on any atom is -0.339 e. The first-order valence-corrected chi connectivity index (χ1v) is 9.61. The highest BCUT2D eigenvalue weighted by atomic mass is 19.1. The zero-order chi connectivity index (χ0) is 20.1. The molecule has 0 spiro atoms. The Balaban J connectivity index is 1.56. The van der Waals surface area contributed by atoms with Crippen LogP contribution in [0.2, 0.25) is 0 Å². The van der Waals surface area contributed by atoms with Gasteiger partial charge in [-0.2, -0.15) is 0 Å². The summed E-state index contributed by atoms with van der Waals surface area (Å²) in [6.07, 6.45) is 2.08. The molecule has 0 saturated carbocycles. The molecule has 3 rings (SSSR count). The van der Waals surface area contributed by atoms with E-state index in [1.807, 2.05) is 17.9 Å². The molecule has 1 saturated heterocycles. The average Bonchev–Trinajstić information content (AvgIpc) is 2.69. The molecule has 2 N–H and O–H groups in total. The van der Waals surface area contributed by atoms with Gasteiger partial charge in [0.2, 0.25) is 0 Å². The molecular weight excluding hydrogens is 357 g/mol. The van der Waals surface area contributed by atoms with Gasteiger partial charge in [-0.15, -0.1) is 0 Å². The van der Waals surface area contributed by atoms with Gasteiger partial charge in [0.15, 0.2) is 0 Å². The van der Waals surface area contributed by atoms with Crippen LogP contribution in [0.1, 0.15) is 41.3 Å². The van der Waals surface area contributed by atoms with Crippen LogP contribution in [0.5, 0.6) is 0 Å². The number of aryl methyl sites for hydroxylation is 1. The number of nitrogens with zero attached hydrogens (tertiary/aromatic N) is 1. The minimum absolute atomic E-state index is 0.0438. The molecule has 1 aliphatic heterocycles. The van der Waals surface area contributed by atoms with Gasteiger partial charge in [-0.1, -0.05) is 19.1 Å². The van der Waals surface area contributed by atoms with Crippen LogP contribution in [0.3, 0.4) is 0 Å². The van der Waals surface area contributed by atoms with E-state index >= 15 is 0 Å². The molecule has 0 atom stereocenters. The van der Waals surface area contributed by atoms with Crippen molar-refractivity contribution in [2.45, 2.75) is 33.2 Å². The Morgan fingerprint density at radius 3 is 2.43 bits per heavy atom. The maximum atomic E-state index is 12.9. The van der Waals surface area contributed by atoms with Gasteiger partial charge in [0.05, 0.1) is 0 Å². The number of anilines is 1. The Hall–Kier alpha value is -2.89. The fourth-order valence-corrected chi connectivity index (χ4v) is 3.28. The van der Waals surface area contributed by atoms with Crippen molar-refractivity contribution in [2.24, 2.45) is 5.92 Å². The maximum Gasteiger partial charge on any atom is 0.319 e. The van der Waals surface area contributed by atoms with Crippen molar-refractivity contribution in [3.63, 3.8) is 0 Å². The summed E-state index contributed by atoms with van der Waals surface area (Å²) >= 11 is 0. The summed E-state index contributed by atoms with van der Waals surface area (Å²) in [7, 11) is 0. The molecule has 0 radical (unpaired) electrons. The van der Waals surface area contributed by atoms with Crippen molar-refractivity contribution in [1.82, 2.24) is 10.2 Å². The molecule has 0 unspecified atom stereocenters. The van der Waals surface area contributed by atoms with Crippen molar-refractivity contribution in [1.29, 1.82) is 0 Å². The first kappa shape index (κ1) is 19.9. The van der Waals surface area contributed by atoms with E-state index in [1.54, 1.807) is 24.3 Å². The number of hydrogen-bond donors (Lipinski definition) is 2. The van der Waals surface area contributed by atoms with Crippen LogP contribution in [-0.4, -0.2) is 29.9 Å². The van der Waals surface area contributed by atoms with Gasteiger partial charge in [0.25, 0.3) is 5.91 Å². The van der Waals surface area contributed by atoms with Crippen molar-refractivity contribution >= 4 is 17.6 Å². The molecule has 0 aliphatic carbocycles. The monoisotopic (exact) mass is 383 g/mol. The number of carbonyl (C=O) groups excluding carboxylic acids is 2. The van der Waals surface area contributed by atoms with Crippen molar-refractivity contribution in [3.05, 3.63) is 65.0 Å². The van der Waals surface area contributed by atoms with E-state index in [-0.39, 0.29) is 17.8 Å². The summed E-state index contributed by atoms with van der Waals surface area (Å²) in [5.41, 5.74) is 2.93. The summed E-state index contributed by atoms with van der Waals surface area (Å²) in [5.74, 6) is 0.408. The fraction of sp³-hybridized carbons (Fsp3) is 0.364. The number of halogens is 1. The SMILES string of the molecule is Cc1cc(C(=O)N2CCC(C)CC2)ccc1NC(=O)NCc1ccc(F)cc1. The molecule has 1 aliphatic rings. The highest BCUT2D eigenvalue weighted by Crippen LogP contribution is 2.21. The van der Waals surface area contributed by atoms with Crippen LogP contribution >= 0.6 is 0 Å². The third-order valence-electron chi connectivity index (χ3n) is 5.16. The molecule has 3 amide bonds. The predicted molar refractivity (Wildman–Crippen MR) is 108 cm³/mol. The quantitative estimate of drug-likeness (QED) is 0.826. The van der Waals surface area contributed by atoms with Crippen LogP contribution in [0, 0.1) is 18.7 Å². The third kappa shape index (κ3) is 5.09. The second-order valence-electron chi connectivity index (χ2n) is 7.44. The molecule has 1 heterocycles. The molecule has 1 fully saturated rings. The van der Waals surface area contributed by atoms with E-state index in [9.17, 15) is 14.0 Å². The number of rotatable bonds is 4. The second-order valence-corrected chi connectivity index (χ2v) is 7.44. The predicted octanol–water partition coefficient (Wildman–Crippen LogP) is 4.33. The zero-order valence-electron chi connectivity index (χ0n) is 16.3. The normalized spacial score (nSPS) is 14.6.